The quantitative estimate of drug-likeness (QED) is 0.844. The van der Waals surface area contributed by atoms with Gasteiger partial charge in [0.1, 0.15) is 11.5 Å². The van der Waals surface area contributed by atoms with Crippen molar-refractivity contribution in [2.75, 3.05) is 49.1 Å². The minimum Gasteiger partial charge on any atom is -0.357 e. The summed E-state index contributed by atoms with van der Waals surface area (Å²) in [5, 5.41) is 0. The Morgan fingerprint density at radius 2 is 1.56 bits per heavy atom. The van der Waals surface area contributed by atoms with E-state index in [4.69, 9.17) is 0 Å². The van der Waals surface area contributed by atoms with Crippen LogP contribution in [0.4, 0.5) is 11.8 Å². The summed E-state index contributed by atoms with van der Waals surface area (Å²) in [4.78, 5) is 32.2. The molecule has 2 saturated heterocycles. The minimum atomic E-state index is 0.00896. The highest BCUT2D eigenvalue weighted by Crippen LogP contribution is 2.19. The number of pyridine rings is 1. The van der Waals surface area contributed by atoms with Crippen LogP contribution in [-0.4, -0.2) is 65.0 Å². The number of anilines is 2. The lowest BCUT2D eigenvalue weighted by atomic mass is 10.2. The Morgan fingerprint density at radius 1 is 0.840 bits per heavy atom. The molecule has 0 unspecified atom stereocenters. The van der Waals surface area contributed by atoms with Gasteiger partial charge in [0.2, 0.25) is 5.95 Å². The van der Waals surface area contributed by atoms with E-state index < -0.39 is 0 Å². The first kappa shape index (κ1) is 15.8. The fourth-order valence-corrected chi connectivity index (χ4v) is 3.39. The highest BCUT2D eigenvalue weighted by atomic mass is 16.2. The first-order valence-corrected chi connectivity index (χ1v) is 8.84. The van der Waals surface area contributed by atoms with Crippen LogP contribution in [-0.2, 0) is 0 Å². The van der Waals surface area contributed by atoms with Gasteiger partial charge in [-0.05, 0) is 31.0 Å². The Kier molecular flexibility index (Phi) is 4.45. The molecule has 0 saturated carbocycles. The molecule has 0 radical (unpaired) electrons. The number of hydrogen-bond acceptors (Lipinski definition) is 6. The molecule has 25 heavy (non-hydrogen) atoms. The molecule has 2 aromatic heterocycles. The van der Waals surface area contributed by atoms with Gasteiger partial charge in [0.15, 0.2) is 0 Å². The second-order valence-electron chi connectivity index (χ2n) is 6.40. The fraction of sp³-hybridized carbons (Fsp3) is 0.444. The topological polar surface area (TPSA) is 65.5 Å². The highest BCUT2D eigenvalue weighted by molar-refractivity contribution is 5.92. The van der Waals surface area contributed by atoms with Crippen LogP contribution in [0.25, 0.3) is 0 Å². The van der Waals surface area contributed by atoms with Crippen molar-refractivity contribution < 1.29 is 4.79 Å². The minimum absolute atomic E-state index is 0.00896. The maximum atomic E-state index is 12.8. The number of carbonyl (C=O) groups is 1. The Morgan fingerprint density at radius 3 is 2.28 bits per heavy atom. The average molecular weight is 338 g/mol. The number of hydrogen-bond donors (Lipinski definition) is 0. The number of nitrogens with zero attached hydrogens (tertiary/aromatic N) is 6. The molecule has 0 spiro atoms. The lowest BCUT2D eigenvalue weighted by molar-refractivity contribution is 0.0740. The van der Waals surface area contributed by atoms with E-state index in [1.165, 1.54) is 12.8 Å². The Labute approximate surface area is 147 Å². The van der Waals surface area contributed by atoms with Gasteiger partial charge in [0, 0.05) is 51.7 Å². The summed E-state index contributed by atoms with van der Waals surface area (Å²) in [5.74, 6) is 1.65. The van der Waals surface area contributed by atoms with E-state index >= 15 is 0 Å². The molecule has 7 nitrogen and oxygen atoms in total. The molecule has 2 aliphatic rings. The second kappa shape index (κ2) is 7.04. The van der Waals surface area contributed by atoms with Gasteiger partial charge in [-0.1, -0.05) is 6.07 Å². The van der Waals surface area contributed by atoms with E-state index in [9.17, 15) is 4.79 Å². The third kappa shape index (κ3) is 3.40. The van der Waals surface area contributed by atoms with Gasteiger partial charge >= 0.3 is 0 Å². The molecule has 2 aliphatic heterocycles. The molecule has 4 heterocycles. The number of amides is 1. The zero-order valence-corrected chi connectivity index (χ0v) is 14.2. The van der Waals surface area contributed by atoms with E-state index in [2.05, 4.69) is 24.8 Å². The van der Waals surface area contributed by atoms with Crippen LogP contribution >= 0.6 is 0 Å². The zero-order chi connectivity index (χ0) is 17.1. The van der Waals surface area contributed by atoms with Gasteiger partial charge in [-0.15, -0.1) is 0 Å². The van der Waals surface area contributed by atoms with Crippen LogP contribution in [0.15, 0.2) is 36.7 Å². The summed E-state index contributed by atoms with van der Waals surface area (Å²) < 4.78 is 0. The first-order valence-electron chi connectivity index (χ1n) is 8.84. The molecule has 0 aromatic carbocycles. The van der Waals surface area contributed by atoms with Gasteiger partial charge in [0.05, 0.1) is 0 Å². The molecule has 130 valence electrons. The molecule has 1 amide bonds. The van der Waals surface area contributed by atoms with Crippen LogP contribution < -0.4 is 9.80 Å². The molecular weight excluding hydrogens is 316 g/mol. The van der Waals surface area contributed by atoms with E-state index in [1.807, 2.05) is 29.2 Å². The molecular formula is C18H22N6O. The number of carbonyl (C=O) groups excluding carboxylic acids is 1. The lowest BCUT2D eigenvalue weighted by Gasteiger charge is -2.34. The first-order chi connectivity index (χ1) is 12.3. The molecule has 0 aliphatic carbocycles. The normalized spacial score (nSPS) is 17.8. The second-order valence-corrected chi connectivity index (χ2v) is 6.40. The van der Waals surface area contributed by atoms with Crippen LogP contribution in [0.5, 0.6) is 0 Å². The van der Waals surface area contributed by atoms with Crippen molar-refractivity contribution in [3.8, 4) is 0 Å². The summed E-state index contributed by atoms with van der Waals surface area (Å²) in [6, 6.07) is 7.55. The summed E-state index contributed by atoms with van der Waals surface area (Å²) in [7, 11) is 0. The van der Waals surface area contributed by atoms with Crippen molar-refractivity contribution >= 4 is 17.7 Å². The van der Waals surface area contributed by atoms with Gasteiger partial charge in [-0.25, -0.2) is 15.0 Å². The predicted octanol–water partition coefficient (Wildman–Crippen LogP) is 1.43. The molecule has 0 N–H and O–H groups in total. The van der Waals surface area contributed by atoms with Crippen molar-refractivity contribution in [1.82, 2.24) is 19.9 Å². The third-order valence-corrected chi connectivity index (χ3v) is 4.79. The monoisotopic (exact) mass is 338 g/mol. The highest BCUT2D eigenvalue weighted by Gasteiger charge is 2.24. The molecule has 2 aromatic rings. The van der Waals surface area contributed by atoms with Gasteiger partial charge in [-0.3, -0.25) is 4.79 Å². The summed E-state index contributed by atoms with van der Waals surface area (Å²) in [6.45, 7) is 4.85. The van der Waals surface area contributed by atoms with Crippen LogP contribution in [0, 0.1) is 0 Å². The van der Waals surface area contributed by atoms with E-state index in [1.54, 1.807) is 12.4 Å². The van der Waals surface area contributed by atoms with Crippen molar-refractivity contribution in [1.29, 1.82) is 0 Å². The smallest absolute Gasteiger partial charge is 0.272 e. The largest absolute Gasteiger partial charge is 0.357 e. The van der Waals surface area contributed by atoms with Crippen molar-refractivity contribution in [3.05, 3.63) is 42.4 Å². The Bertz CT molecular complexity index is 723. The standard InChI is InChI=1S/C18H22N6O/c25-17(15-5-3-6-16(21-15)22-9-1-2-10-22)23-11-13-24(14-12-23)18-19-7-4-8-20-18/h3-8H,1-2,9-14H2. The summed E-state index contributed by atoms with van der Waals surface area (Å²) >= 11 is 0. The molecule has 0 bridgehead atoms. The fourth-order valence-electron chi connectivity index (χ4n) is 3.39. The van der Waals surface area contributed by atoms with E-state index in [0.717, 1.165) is 37.9 Å². The van der Waals surface area contributed by atoms with Gasteiger partial charge in [0.25, 0.3) is 5.91 Å². The van der Waals surface area contributed by atoms with Crippen molar-refractivity contribution in [3.63, 3.8) is 0 Å². The number of piperazine rings is 1. The summed E-state index contributed by atoms with van der Waals surface area (Å²) in [6.07, 6.45) is 5.88. The average Bonchev–Trinajstić information content (AvgIpc) is 3.23. The molecule has 2 fully saturated rings. The maximum Gasteiger partial charge on any atom is 0.272 e. The molecule has 4 rings (SSSR count). The Hall–Kier alpha value is -2.70. The van der Waals surface area contributed by atoms with Crippen molar-refractivity contribution in [2.24, 2.45) is 0 Å². The maximum absolute atomic E-state index is 12.8. The molecule has 7 heteroatoms. The number of rotatable bonds is 3. The van der Waals surface area contributed by atoms with E-state index in [0.29, 0.717) is 18.8 Å². The molecule has 0 atom stereocenters. The summed E-state index contributed by atoms with van der Waals surface area (Å²) in [5.41, 5.74) is 0.536. The van der Waals surface area contributed by atoms with Crippen molar-refractivity contribution in [2.45, 2.75) is 12.8 Å². The van der Waals surface area contributed by atoms with E-state index in [-0.39, 0.29) is 5.91 Å². The lowest BCUT2D eigenvalue weighted by Crippen LogP contribution is -2.49. The van der Waals surface area contributed by atoms with Crippen LogP contribution in [0.1, 0.15) is 23.3 Å². The SMILES string of the molecule is O=C(c1cccc(N2CCCC2)n1)N1CCN(c2ncccn2)CC1. The predicted molar refractivity (Wildman–Crippen MR) is 95.8 cm³/mol. The number of aromatic nitrogens is 3. The van der Waals surface area contributed by atoms with Gasteiger partial charge in [-0.2, -0.15) is 0 Å². The van der Waals surface area contributed by atoms with Crippen LogP contribution in [0.3, 0.4) is 0 Å². The third-order valence-electron chi connectivity index (χ3n) is 4.79. The zero-order valence-electron chi connectivity index (χ0n) is 14.2. The Balaban J connectivity index is 1.41. The van der Waals surface area contributed by atoms with Gasteiger partial charge < -0.3 is 14.7 Å². The van der Waals surface area contributed by atoms with Crippen LogP contribution in [0.2, 0.25) is 0 Å².